The Hall–Kier alpha value is -2.76. The summed E-state index contributed by atoms with van der Waals surface area (Å²) in [6.07, 6.45) is 0.807. The molecule has 2 amide bonds. The average Bonchev–Trinajstić information content (AvgIpc) is 2.77. The number of fused-ring (bicyclic) bond motifs is 1. The lowest BCUT2D eigenvalue weighted by Gasteiger charge is -2.39. The van der Waals surface area contributed by atoms with Crippen molar-refractivity contribution in [3.05, 3.63) is 51.5 Å². The molecule has 0 atom stereocenters. The number of amides is 2. The molecule has 0 saturated carbocycles. The van der Waals surface area contributed by atoms with Crippen LogP contribution < -0.4 is 10.9 Å². The van der Waals surface area contributed by atoms with Gasteiger partial charge in [0.15, 0.2) is 0 Å². The lowest BCUT2D eigenvalue weighted by Crippen LogP contribution is -2.49. The van der Waals surface area contributed by atoms with Crippen LogP contribution in [0.5, 0.6) is 0 Å². The molecule has 1 N–H and O–H groups in total. The summed E-state index contributed by atoms with van der Waals surface area (Å²) in [5, 5.41) is 3.14. The highest BCUT2D eigenvalue weighted by atomic mass is 79.9. The van der Waals surface area contributed by atoms with Crippen molar-refractivity contribution in [2.24, 2.45) is 0 Å². The molecule has 1 fully saturated rings. The first-order valence-electron chi connectivity index (χ1n) is 11.8. The summed E-state index contributed by atoms with van der Waals surface area (Å²) in [6.45, 7) is 11.9. The summed E-state index contributed by atoms with van der Waals surface area (Å²) in [5.41, 5.74) is -0.0614. The number of aromatic nitrogens is 2. The van der Waals surface area contributed by atoms with Gasteiger partial charge in [-0.05, 0) is 45.0 Å². The molecule has 36 heavy (non-hydrogen) atoms. The molecule has 0 aliphatic carbocycles. The first-order chi connectivity index (χ1) is 17.1. The van der Waals surface area contributed by atoms with E-state index < -0.39 is 11.7 Å². The third-order valence-corrected chi connectivity index (χ3v) is 5.92. The van der Waals surface area contributed by atoms with E-state index in [4.69, 9.17) is 19.2 Å². The number of alkyl carbamates (subject to hydrolysis) is 1. The highest BCUT2D eigenvalue weighted by molar-refractivity contribution is 9.10. The first-order valence-corrected chi connectivity index (χ1v) is 12.6. The molecule has 2 aromatic rings. The zero-order chi connectivity index (χ0) is 26.3. The molecule has 3 rings (SSSR count). The molecule has 1 aliphatic heterocycles. The van der Waals surface area contributed by atoms with E-state index in [1.165, 1.54) is 6.08 Å². The number of rotatable bonds is 11. The fourth-order valence-electron chi connectivity index (χ4n) is 3.71. The first kappa shape index (κ1) is 27.8. The van der Waals surface area contributed by atoms with Crippen LogP contribution in [0.3, 0.4) is 0 Å². The van der Waals surface area contributed by atoms with E-state index in [1.54, 1.807) is 36.3 Å². The molecule has 10 nitrogen and oxygen atoms in total. The van der Waals surface area contributed by atoms with Crippen molar-refractivity contribution in [1.29, 1.82) is 0 Å². The molecule has 1 aromatic carbocycles. The Kier molecular flexibility index (Phi) is 9.63. The van der Waals surface area contributed by atoms with E-state index in [2.05, 4.69) is 27.8 Å². The second-order valence-electron chi connectivity index (χ2n) is 9.39. The number of benzene rings is 1. The molecule has 0 unspecified atom stereocenters. The Bertz CT molecular complexity index is 1150. The summed E-state index contributed by atoms with van der Waals surface area (Å²) in [7, 11) is 0. The average molecular weight is 565 g/mol. The number of hydrogen-bond acceptors (Lipinski definition) is 7. The van der Waals surface area contributed by atoms with E-state index in [1.807, 2.05) is 12.1 Å². The van der Waals surface area contributed by atoms with Gasteiger partial charge in [-0.2, -0.15) is 0 Å². The largest absolute Gasteiger partial charge is 0.444 e. The van der Waals surface area contributed by atoms with E-state index in [-0.39, 0.29) is 17.4 Å². The highest BCUT2D eigenvalue weighted by Crippen LogP contribution is 2.27. The minimum atomic E-state index is -0.543. The number of nitrogens with one attached hydrogen (secondary N) is 1. The van der Waals surface area contributed by atoms with Crippen LogP contribution in [0.15, 0.2) is 40.1 Å². The lowest BCUT2D eigenvalue weighted by molar-refractivity contribution is -0.130. The smallest absolute Gasteiger partial charge is 0.407 e. The van der Waals surface area contributed by atoms with E-state index >= 15 is 0 Å². The van der Waals surface area contributed by atoms with Crippen molar-refractivity contribution in [3.63, 3.8) is 0 Å². The summed E-state index contributed by atoms with van der Waals surface area (Å²) in [5.74, 6) is 0.487. The fourth-order valence-corrected chi connectivity index (χ4v) is 4.07. The number of ether oxygens (including phenoxy) is 3. The monoisotopic (exact) mass is 564 g/mol. The van der Waals surface area contributed by atoms with Crippen LogP contribution in [0.2, 0.25) is 0 Å². The number of carbonyl (C=O) groups excluding carboxylic acids is 2. The van der Waals surface area contributed by atoms with Crippen LogP contribution in [0.25, 0.3) is 10.9 Å². The van der Waals surface area contributed by atoms with Gasteiger partial charge in [-0.3, -0.25) is 14.2 Å². The maximum atomic E-state index is 13.3. The minimum Gasteiger partial charge on any atom is -0.444 e. The van der Waals surface area contributed by atoms with E-state index in [0.29, 0.717) is 69.3 Å². The van der Waals surface area contributed by atoms with Gasteiger partial charge in [-0.15, -0.1) is 0 Å². The quantitative estimate of drug-likeness (QED) is 0.330. The number of halogens is 1. The molecule has 0 radical (unpaired) electrons. The Morgan fingerprint density at radius 1 is 1.19 bits per heavy atom. The predicted octanol–water partition coefficient (Wildman–Crippen LogP) is 2.83. The predicted molar refractivity (Wildman–Crippen MR) is 139 cm³/mol. The molecular weight excluding hydrogens is 532 g/mol. The van der Waals surface area contributed by atoms with Crippen LogP contribution in [-0.2, 0) is 25.5 Å². The molecule has 0 bridgehead atoms. The van der Waals surface area contributed by atoms with Crippen molar-refractivity contribution in [1.82, 2.24) is 19.8 Å². The van der Waals surface area contributed by atoms with Crippen molar-refractivity contribution < 1.29 is 23.8 Å². The maximum Gasteiger partial charge on any atom is 0.407 e. The Labute approximate surface area is 218 Å². The number of nitrogens with zero attached hydrogens (tertiary/aromatic N) is 3. The number of likely N-dealkylation sites (tertiary alicyclic amines) is 1. The maximum absolute atomic E-state index is 13.3. The summed E-state index contributed by atoms with van der Waals surface area (Å²) in [4.78, 5) is 43.2. The van der Waals surface area contributed by atoms with Gasteiger partial charge in [0.2, 0.25) is 5.91 Å². The summed E-state index contributed by atoms with van der Waals surface area (Å²) in [6, 6.07) is 5.42. The zero-order valence-electron chi connectivity index (χ0n) is 20.9. The van der Waals surface area contributed by atoms with Gasteiger partial charge in [-0.1, -0.05) is 22.5 Å². The highest BCUT2D eigenvalue weighted by Gasteiger charge is 2.34. The zero-order valence-corrected chi connectivity index (χ0v) is 22.5. The third kappa shape index (κ3) is 7.62. The van der Waals surface area contributed by atoms with Crippen molar-refractivity contribution in [2.45, 2.75) is 38.8 Å². The van der Waals surface area contributed by atoms with E-state index in [0.717, 1.165) is 4.47 Å². The van der Waals surface area contributed by atoms with E-state index in [9.17, 15) is 14.4 Å². The van der Waals surface area contributed by atoms with Gasteiger partial charge in [0, 0.05) is 24.1 Å². The minimum absolute atomic E-state index is 0.0320. The van der Waals surface area contributed by atoms with Gasteiger partial charge in [0.1, 0.15) is 11.4 Å². The van der Waals surface area contributed by atoms with Gasteiger partial charge < -0.3 is 24.4 Å². The Morgan fingerprint density at radius 3 is 2.56 bits per heavy atom. The molecule has 196 valence electrons. The van der Waals surface area contributed by atoms with Crippen LogP contribution in [0, 0.1) is 0 Å². The Balaban J connectivity index is 1.50. The van der Waals surface area contributed by atoms with Gasteiger partial charge in [0.05, 0.1) is 49.8 Å². The Morgan fingerprint density at radius 2 is 1.89 bits per heavy atom. The molecule has 1 aliphatic rings. The normalized spacial score (nSPS) is 13.9. The number of carbonyl (C=O) groups is 2. The molecular formula is C25H33BrN4O6. The second kappa shape index (κ2) is 12.5. The molecule has 1 aromatic heterocycles. The van der Waals surface area contributed by atoms with Crippen molar-refractivity contribution in [2.75, 3.05) is 46.1 Å². The van der Waals surface area contributed by atoms with Gasteiger partial charge in [0.25, 0.3) is 5.56 Å². The SMILES string of the molecule is C=CC(=O)N1CC(c2nc3ccc(Br)cc3c(=O)n2CCOCCOCCNC(=O)OC(C)(C)C)C1. The van der Waals surface area contributed by atoms with Gasteiger partial charge in [-0.25, -0.2) is 9.78 Å². The van der Waals surface area contributed by atoms with Crippen LogP contribution in [0.1, 0.15) is 32.5 Å². The van der Waals surface area contributed by atoms with Crippen molar-refractivity contribution in [3.8, 4) is 0 Å². The molecule has 1 saturated heterocycles. The molecule has 11 heteroatoms. The van der Waals surface area contributed by atoms with Crippen LogP contribution in [-0.4, -0.2) is 78.1 Å². The summed E-state index contributed by atoms with van der Waals surface area (Å²) < 4.78 is 18.7. The second-order valence-corrected chi connectivity index (χ2v) is 10.3. The van der Waals surface area contributed by atoms with Crippen LogP contribution in [0.4, 0.5) is 4.79 Å². The number of hydrogen-bond donors (Lipinski definition) is 1. The summed E-state index contributed by atoms with van der Waals surface area (Å²) >= 11 is 3.42. The lowest BCUT2D eigenvalue weighted by atomic mass is 9.98. The molecule has 0 spiro atoms. The standard InChI is InChI=1S/C25H33BrN4O6/c1-5-21(31)29-15-17(16-29)22-28-20-7-6-18(26)14-19(20)23(32)30(22)9-11-35-13-12-34-10-8-27-24(33)36-25(2,3)4/h5-7,14,17H,1,8-13,15-16H2,2-4H3,(H,27,33). The van der Waals surface area contributed by atoms with Gasteiger partial charge >= 0.3 is 6.09 Å². The third-order valence-electron chi connectivity index (χ3n) is 5.42. The van der Waals surface area contributed by atoms with Crippen molar-refractivity contribution >= 4 is 38.8 Å². The fraction of sp³-hybridized carbons (Fsp3) is 0.520. The molecule has 2 heterocycles. The van der Waals surface area contributed by atoms with Crippen LogP contribution >= 0.6 is 15.9 Å². The topological polar surface area (TPSA) is 112 Å².